The van der Waals surface area contributed by atoms with Gasteiger partial charge >= 0.3 is 18.2 Å². The Morgan fingerprint density at radius 2 is 1.86 bits per heavy atom. The number of aliphatic hydroxyl groups is 1. The van der Waals surface area contributed by atoms with E-state index in [1.165, 1.54) is 23.0 Å². The summed E-state index contributed by atoms with van der Waals surface area (Å²) < 4.78 is 70.3. The lowest BCUT2D eigenvalue weighted by molar-refractivity contribution is -0.141. The zero-order valence-corrected chi connectivity index (χ0v) is 30.5. The van der Waals surface area contributed by atoms with Crippen LogP contribution in [0.5, 0.6) is 11.5 Å². The van der Waals surface area contributed by atoms with Gasteiger partial charge in [0.15, 0.2) is 28.9 Å². The number of aromatic nitrogens is 2. The van der Waals surface area contributed by atoms with Crippen LogP contribution in [0.1, 0.15) is 42.7 Å². The second-order valence-electron chi connectivity index (χ2n) is 13.1. The lowest BCUT2D eigenvalue weighted by Gasteiger charge is -2.33. The third kappa shape index (κ3) is 6.74. The molecule has 296 valence electrons. The fraction of sp³-hybridized carbons (Fsp3) is 0.263. The summed E-state index contributed by atoms with van der Waals surface area (Å²) in [6.45, 7) is -0.348. The summed E-state index contributed by atoms with van der Waals surface area (Å²) in [4.78, 5) is 61.6. The molecular formula is C38H31ClF3N5O10. The van der Waals surface area contributed by atoms with Crippen LogP contribution in [0.25, 0.3) is 32.8 Å². The summed E-state index contributed by atoms with van der Waals surface area (Å²) in [5, 5.41) is 13.6. The van der Waals surface area contributed by atoms with Crippen molar-refractivity contribution in [2.24, 2.45) is 0 Å². The number of anilines is 2. The summed E-state index contributed by atoms with van der Waals surface area (Å²) in [7, 11) is 1.49. The molecule has 0 unspecified atom stereocenters. The van der Waals surface area contributed by atoms with Crippen LogP contribution in [0.2, 0.25) is 0 Å². The number of aliphatic hydroxyl groups excluding tert-OH is 1. The summed E-state index contributed by atoms with van der Waals surface area (Å²) in [5.41, 5.74) is -0.968. The Kier molecular flexibility index (Phi) is 9.70. The van der Waals surface area contributed by atoms with E-state index in [2.05, 4.69) is 15.3 Å². The molecule has 57 heavy (non-hydrogen) atoms. The molecule has 3 aromatic carbocycles. The Bertz CT molecular complexity index is 2600. The maximum atomic E-state index is 14.5. The number of hydrogen-bond donors (Lipinski definition) is 4. The molecule has 2 aliphatic rings. The van der Waals surface area contributed by atoms with E-state index in [0.717, 1.165) is 0 Å². The van der Waals surface area contributed by atoms with Gasteiger partial charge in [0.2, 0.25) is 0 Å². The molecule has 0 saturated carbocycles. The van der Waals surface area contributed by atoms with Crippen molar-refractivity contribution >= 4 is 79.6 Å². The van der Waals surface area contributed by atoms with Gasteiger partial charge in [0.05, 0.1) is 49.7 Å². The minimum atomic E-state index is -5.09. The van der Waals surface area contributed by atoms with Crippen molar-refractivity contribution in [1.82, 2.24) is 14.9 Å². The van der Waals surface area contributed by atoms with Crippen molar-refractivity contribution in [2.45, 2.75) is 18.6 Å². The first-order chi connectivity index (χ1) is 27.4. The molecular weight excluding hydrogens is 779 g/mol. The van der Waals surface area contributed by atoms with E-state index in [-0.39, 0.29) is 66.3 Å². The number of halogens is 4. The van der Waals surface area contributed by atoms with Gasteiger partial charge in [0.25, 0.3) is 11.8 Å². The third-order valence-corrected chi connectivity index (χ3v) is 9.96. The van der Waals surface area contributed by atoms with Gasteiger partial charge < -0.3 is 48.7 Å². The standard InChI is InChI=1S/C38H31ClF3N5O10/c1-53-26-4-2-3-18-13-28(56-32(18)26)34(49)43-20-5-6-23-19(11-20)12-24(44-23)35(50)47-8-7-22-25(47)14-27(57-37(52)46-9-10-54-16-21(46)15-48)31-29(22)30(36(51)55-17-39)33(45-31)38(40,41)42/h2-6,11-14,21,44-45,48H,7-10,15-17H2,1H3,(H,43,49)/t21-/m1/s1. The van der Waals surface area contributed by atoms with Crippen molar-refractivity contribution in [3.63, 3.8) is 0 Å². The van der Waals surface area contributed by atoms with Crippen LogP contribution in [0.4, 0.5) is 29.3 Å². The minimum absolute atomic E-state index is 0.00207. The molecule has 6 aromatic rings. The van der Waals surface area contributed by atoms with Gasteiger partial charge in [-0.25, -0.2) is 9.59 Å². The number of carbonyl (C=O) groups is 4. The van der Waals surface area contributed by atoms with E-state index in [1.54, 1.807) is 48.5 Å². The molecule has 2 aliphatic heterocycles. The van der Waals surface area contributed by atoms with E-state index in [1.807, 2.05) is 0 Å². The number of rotatable bonds is 8. The zero-order chi connectivity index (χ0) is 40.2. The molecule has 0 bridgehead atoms. The number of morpholine rings is 1. The van der Waals surface area contributed by atoms with Gasteiger partial charge in [-0.1, -0.05) is 23.7 Å². The summed E-state index contributed by atoms with van der Waals surface area (Å²) in [6.07, 6.45) is -6.07. The Morgan fingerprint density at radius 3 is 2.61 bits per heavy atom. The molecule has 1 atom stereocenters. The quantitative estimate of drug-likeness (QED) is 0.0987. The van der Waals surface area contributed by atoms with E-state index in [0.29, 0.717) is 33.3 Å². The van der Waals surface area contributed by atoms with Crippen molar-refractivity contribution < 1.29 is 60.8 Å². The first kappa shape index (κ1) is 37.7. The molecule has 3 amide bonds. The molecule has 0 radical (unpaired) electrons. The highest BCUT2D eigenvalue weighted by Gasteiger charge is 2.43. The SMILES string of the molecule is COc1cccc2cc(C(=O)Nc3ccc4[nH]c(C(=O)N5CCc6c5cc(OC(=O)N5CCOC[C@H]5CO)c5[nH]c(C(F)(F)F)c(C(=O)OCCl)c65)cc4c3)oc12. The van der Waals surface area contributed by atoms with Crippen LogP contribution >= 0.6 is 11.6 Å². The highest BCUT2D eigenvalue weighted by Crippen LogP contribution is 2.46. The number of amides is 3. The van der Waals surface area contributed by atoms with Crippen LogP contribution < -0.4 is 19.7 Å². The summed E-state index contributed by atoms with van der Waals surface area (Å²) in [6, 6.07) is 13.0. The van der Waals surface area contributed by atoms with Crippen LogP contribution in [0.15, 0.2) is 59.0 Å². The largest absolute Gasteiger partial charge is 0.493 e. The number of nitrogens with zero attached hydrogens (tertiary/aromatic N) is 2. The second kappa shape index (κ2) is 14.7. The van der Waals surface area contributed by atoms with Crippen molar-refractivity contribution in [1.29, 1.82) is 0 Å². The van der Waals surface area contributed by atoms with Crippen molar-refractivity contribution in [2.75, 3.05) is 56.3 Å². The number of furan rings is 1. The van der Waals surface area contributed by atoms with Gasteiger partial charge in [-0.2, -0.15) is 13.2 Å². The Labute approximate surface area is 324 Å². The number of para-hydroxylation sites is 1. The number of H-pyrrole nitrogens is 2. The molecule has 8 rings (SSSR count). The maximum Gasteiger partial charge on any atom is 0.432 e. The molecule has 5 heterocycles. The monoisotopic (exact) mass is 809 g/mol. The summed E-state index contributed by atoms with van der Waals surface area (Å²) in [5.74, 6) is -2.39. The van der Waals surface area contributed by atoms with Crippen LogP contribution in [0, 0.1) is 0 Å². The number of aromatic amines is 2. The molecule has 19 heteroatoms. The zero-order valence-electron chi connectivity index (χ0n) is 29.8. The molecule has 15 nitrogen and oxygen atoms in total. The number of hydrogen-bond acceptors (Lipinski definition) is 10. The number of carbonyl (C=O) groups excluding carboxylic acids is 4. The number of nitrogens with one attached hydrogen (secondary N) is 3. The highest BCUT2D eigenvalue weighted by molar-refractivity contribution is 6.19. The Balaban J connectivity index is 1.14. The van der Waals surface area contributed by atoms with Gasteiger partial charge in [0, 0.05) is 46.5 Å². The molecule has 0 spiro atoms. The fourth-order valence-corrected chi connectivity index (χ4v) is 7.34. The highest BCUT2D eigenvalue weighted by atomic mass is 35.5. The Hall–Kier alpha value is -6.24. The Morgan fingerprint density at radius 1 is 1.04 bits per heavy atom. The first-order valence-corrected chi connectivity index (χ1v) is 17.9. The van der Waals surface area contributed by atoms with Gasteiger partial charge in [0.1, 0.15) is 11.4 Å². The number of ether oxygens (including phenoxy) is 4. The fourth-order valence-electron chi connectivity index (χ4n) is 7.24. The number of methoxy groups -OCH3 is 1. The van der Waals surface area contributed by atoms with Gasteiger partial charge in [-0.05, 0) is 48.4 Å². The molecule has 4 N–H and O–H groups in total. The molecule has 1 saturated heterocycles. The van der Waals surface area contributed by atoms with Gasteiger partial charge in [-0.3, -0.25) is 14.5 Å². The third-order valence-electron chi connectivity index (χ3n) is 9.85. The van der Waals surface area contributed by atoms with Crippen LogP contribution in [0.3, 0.4) is 0 Å². The van der Waals surface area contributed by atoms with Crippen LogP contribution in [-0.2, 0) is 22.1 Å². The second-order valence-corrected chi connectivity index (χ2v) is 13.4. The van der Waals surface area contributed by atoms with Crippen molar-refractivity contribution in [3.05, 3.63) is 82.9 Å². The number of benzene rings is 3. The smallest absolute Gasteiger partial charge is 0.432 e. The minimum Gasteiger partial charge on any atom is -0.493 e. The lowest BCUT2D eigenvalue weighted by atomic mass is 10.0. The normalized spacial score (nSPS) is 15.6. The average Bonchev–Trinajstić information content (AvgIpc) is 4.00. The number of fused-ring (bicyclic) bond motifs is 5. The molecule has 1 fully saturated rings. The number of esters is 1. The molecule has 3 aromatic heterocycles. The topological polar surface area (TPSA) is 189 Å². The lowest BCUT2D eigenvalue weighted by Crippen LogP contribution is -2.51. The predicted molar refractivity (Wildman–Crippen MR) is 198 cm³/mol. The first-order valence-electron chi connectivity index (χ1n) is 17.4. The maximum absolute atomic E-state index is 14.5. The average molecular weight is 810 g/mol. The van der Waals surface area contributed by atoms with E-state index in [9.17, 15) is 37.5 Å². The van der Waals surface area contributed by atoms with E-state index in [4.69, 9.17) is 35.0 Å². The van der Waals surface area contributed by atoms with Crippen LogP contribution in [-0.4, -0.2) is 96.0 Å². The predicted octanol–water partition coefficient (Wildman–Crippen LogP) is 6.42. The van der Waals surface area contributed by atoms with Gasteiger partial charge in [-0.15, -0.1) is 0 Å². The van der Waals surface area contributed by atoms with Crippen molar-refractivity contribution in [3.8, 4) is 11.5 Å². The van der Waals surface area contributed by atoms with E-state index < -0.39 is 65.8 Å². The van der Waals surface area contributed by atoms with E-state index >= 15 is 0 Å². The summed E-state index contributed by atoms with van der Waals surface area (Å²) >= 11 is 5.59. The molecule has 0 aliphatic carbocycles. The number of alkyl halides is 4.